The van der Waals surface area contributed by atoms with Gasteiger partial charge in [-0.05, 0) is 63.0 Å². The van der Waals surface area contributed by atoms with E-state index in [-0.39, 0.29) is 0 Å². The molecule has 210 valence electrons. The van der Waals surface area contributed by atoms with E-state index in [9.17, 15) is 0 Å². The summed E-state index contributed by atoms with van der Waals surface area (Å²) in [5.74, 6) is 1.94. The summed E-state index contributed by atoms with van der Waals surface area (Å²) in [5.41, 5.74) is 6.91. The number of furan rings is 1. The summed E-state index contributed by atoms with van der Waals surface area (Å²) in [6.07, 6.45) is 0. The molecule has 0 spiro atoms. The first-order valence-corrected chi connectivity index (χ1v) is 15.0. The van der Waals surface area contributed by atoms with Crippen molar-refractivity contribution < 1.29 is 4.42 Å². The summed E-state index contributed by atoms with van der Waals surface area (Å²) >= 11 is 0. The van der Waals surface area contributed by atoms with Gasteiger partial charge < -0.3 is 4.42 Å². The third kappa shape index (κ3) is 4.35. The number of rotatable bonds is 4. The topological polar surface area (TPSA) is 51.8 Å². The maximum atomic E-state index is 6.15. The number of benzene rings is 7. The van der Waals surface area contributed by atoms with Gasteiger partial charge in [-0.2, -0.15) is 0 Å². The largest absolute Gasteiger partial charge is 0.456 e. The van der Waals surface area contributed by atoms with Crippen molar-refractivity contribution in [2.45, 2.75) is 0 Å². The van der Waals surface area contributed by atoms with Crippen LogP contribution in [0.15, 0.2) is 156 Å². The molecular formula is C41H25N3O. The van der Waals surface area contributed by atoms with E-state index in [0.29, 0.717) is 17.5 Å². The van der Waals surface area contributed by atoms with Crippen LogP contribution in [0.5, 0.6) is 0 Å². The highest BCUT2D eigenvalue weighted by molar-refractivity contribution is 6.19. The molecule has 4 heteroatoms. The lowest BCUT2D eigenvalue weighted by Gasteiger charge is -2.13. The molecule has 0 saturated carbocycles. The molecule has 9 rings (SSSR count). The Balaban J connectivity index is 1.26. The second-order valence-corrected chi connectivity index (χ2v) is 11.3. The summed E-state index contributed by atoms with van der Waals surface area (Å²) in [7, 11) is 0. The highest BCUT2D eigenvalue weighted by atomic mass is 16.3. The van der Waals surface area contributed by atoms with E-state index in [2.05, 4.69) is 78.9 Å². The molecule has 0 aliphatic carbocycles. The standard InChI is InChI=1S/C41H25N3O/c1-3-11-26(12-4-1)39-42-40(27-13-5-2-6-14-27)44-41(43-39)35-25-31(24-29-15-7-8-16-32(29)35)28-19-21-33-30(23-28)20-22-37-38(33)34-17-9-10-18-36(34)45-37/h1-25H. The van der Waals surface area contributed by atoms with Crippen molar-refractivity contribution >= 4 is 43.5 Å². The maximum absolute atomic E-state index is 6.15. The quantitative estimate of drug-likeness (QED) is 0.209. The summed E-state index contributed by atoms with van der Waals surface area (Å²) < 4.78 is 6.15. The minimum absolute atomic E-state index is 0.646. The van der Waals surface area contributed by atoms with Crippen LogP contribution in [0.3, 0.4) is 0 Å². The molecule has 0 fully saturated rings. The molecule has 0 amide bonds. The van der Waals surface area contributed by atoms with Gasteiger partial charge in [0.2, 0.25) is 0 Å². The van der Waals surface area contributed by atoms with Crippen LogP contribution in [0, 0.1) is 0 Å². The minimum atomic E-state index is 0.646. The fourth-order valence-electron chi connectivity index (χ4n) is 6.32. The molecule has 0 bridgehead atoms. The van der Waals surface area contributed by atoms with Crippen LogP contribution in [0.1, 0.15) is 0 Å². The van der Waals surface area contributed by atoms with Crippen molar-refractivity contribution in [1.29, 1.82) is 0 Å². The van der Waals surface area contributed by atoms with Gasteiger partial charge in [0.15, 0.2) is 17.5 Å². The monoisotopic (exact) mass is 575 g/mol. The molecule has 2 heterocycles. The Bertz CT molecular complexity index is 2480. The number of hydrogen-bond donors (Lipinski definition) is 0. The lowest BCUT2D eigenvalue weighted by Crippen LogP contribution is -2.00. The van der Waals surface area contributed by atoms with Gasteiger partial charge in [-0.1, -0.05) is 121 Å². The average Bonchev–Trinajstić information content (AvgIpc) is 3.51. The van der Waals surface area contributed by atoms with Crippen LogP contribution in [0.25, 0.3) is 88.8 Å². The molecule has 0 aliphatic rings. The predicted octanol–water partition coefficient (Wildman–Crippen LogP) is 10.7. The van der Waals surface area contributed by atoms with E-state index in [1.165, 1.54) is 10.8 Å². The van der Waals surface area contributed by atoms with Gasteiger partial charge >= 0.3 is 0 Å². The lowest BCUT2D eigenvalue weighted by atomic mass is 9.94. The Hall–Kier alpha value is -6.13. The highest BCUT2D eigenvalue weighted by Gasteiger charge is 2.16. The number of fused-ring (bicyclic) bond motifs is 6. The van der Waals surface area contributed by atoms with Gasteiger partial charge in [0.25, 0.3) is 0 Å². The number of nitrogens with zero attached hydrogens (tertiary/aromatic N) is 3. The fraction of sp³-hybridized carbons (Fsp3) is 0. The van der Waals surface area contributed by atoms with E-state index >= 15 is 0 Å². The van der Waals surface area contributed by atoms with E-state index in [1.807, 2.05) is 72.8 Å². The third-order valence-corrected chi connectivity index (χ3v) is 8.49. The maximum Gasteiger partial charge on any atom is 0.164 e. The number of hydrogen-bond acceptors (Lipinski definition) is 4. The Morgan fingerprint density at radius 3 is 1.71 bits per heavy atom. The summed E-state index contributed by atoms with van der Waals surface area (Å²) in [6, 6.07) is 52.3. The first-order valence-electron chi connectivity index (χ1n) is 15.0. The van der Waals surface area contributed by atoms with Gasteiger partial charge in [0.1, 0.15) is 11.2 Å². The zero-order valence-corrected chi connectivity index (χ0v) is 24.2. The Morgan fingerprint density at radius 1 is 0.356 bits per heavy atom. The smallest absolute Gasteiger partial charge is 0.164 e. The molecule has 7 aromatic carbocycles. The fourth-order valence-corrected chi connectivity index (χ4v) is 6.32. The highest BCUT2D eigenvalue weighted by Crippen LogP contribution is 2.38. The SMILES string of the molecule is c1ccc(-c2nc(-c3ccccc3)nc(-c3cc(-c4ccc5c(ccc6oc7ccccc7c65)c4)cc4ccccc34)n2)cc1. The van der Waals surface area contributed by atoms with Gasteiger partial charge in [-0.25, -0.2) is 15.0 Å². The van der Waals surface area contributed by atoms with Crippen molar-refractivity contribution in [1.82, 2.24) is 15.0 Å². The van der Waals surface area contributed by atoms with E-state index < -0.39 is 0 Å². The molecule has 2 aromatic heterocycles. The summed E-state index contributed by atoms with van der Waals surface area (Å²) in [6.45, 7) is 0. The molecule has 9 aromatic rings. The minimum Gasteiger partial charge on any atom is -0.456 e. The van der Waals surface area contributed by atoms with Gasteiger partial charge in [0, 0.05) is 27.5 Å². The summed E-state index contributed by atoms with van der Waals surface area (Å²) in [5, 5.41) is 6.86. The van der Waals surface area contributed by atoms with Crippen LogP contribution in [-0.4, -0.2) is 15.0 Å². The van der Waals surface area contributed by atoms with Crippen molar-refractivity contribution in [3.05, 3.63) is 152 Å². The Morgan fingerprint density at radius 2 is 0.956 bits per heavy atom. The zero-order chi connectivity index (χ0) is 29.7. The van der Waals surface area contributed by atoms with Crippen molar-refractivity contribution in [3.63, 3.8) is 0 Å². The van der Waals surface area contributed by atoms with E-state index in [1.54, 1.807) is 0 Å². The molecule has 4 nitrogen and oxygen atoms in total. The normalized spacial score (nSPS) is 11.6. The first kappa shape index (κ1) is 25.4. The van der Waals surface area contributed by atoms with Crippen LogP contribution >= 0.6 is 0 Å². The predicted molar refractivity (Wildman–Crippen MR) is 184 cm³/mol. The molecule has 0 unspecified atom stereocenters. The first-order chi connectivity index (χ1) is 22.3. The molecule has 0 aliphatic heterocycles. The van der Waals surface area contributed by atoms with E-state index in [4.69, 9.17) is 19.4 Å². The Kier molecular flexibility index (Phi) is 5.78. The van der Waals surface area contributed by atoms with E-state index in [0.717, 1.165) is 60.5 Å². The van der Waals surface area contributed by atoms with Gasteiger partial charge in [-0.15, -0.1) is 0 Å². The number of para-hydroxylation sites is 1. The molecule has 0 N–H and O–H groups in total. The molecule has 0 radical (unpaired) electrons. The molecule has 0 atom stereocenters. The van der Waals surface area contributed by atoms with Crippen molar-refractivity contribution in [2.24, 2.45) is 0 Å². The Labute approximate surface area is 259 Å². The summed E-state index contributed by atoms with van der Waals surface area (Å²) in [4.78, 5) is 15.0. The molecule has 0 saturated heterocycles. The number of aromatic nitrogens is 3. The van der Waals surface area contributed by atoms with Gasteiger partial charge in [0.05, 0.1) is 0 Å². The lowest BCUT2D eigenvalue weighted by molar-refractivity contribution is 0.669. The average molecular weight is 576 g/mol. The molecular weight excluding hydrogens is 550 g/mol. The second-order valence-electron chi connectivity index (χ2n) is 11.3. The van der Waals surface area contributed by atoms with Crippen LogP contribution in [-0.2, 0) is 0 Å². The zero-order valence-electron chi connectivity index (χ0n) is 24.2. The van der Waals surface area contributed by atoms with Crippen molar-refractivity contribution in [3.8, 4) is 45.3 Å². The second kappa shape index (κ2) is 10.2. The van der Waals surface area contributed by atoms with Crippen LogP contribution in [0.2, 0.25) is 0 Å². The molecule has 45 heavy (non-hydrogen) atoms. The van der Waals surface area contributed by atoms with Crippen LogP contribution in [0.4, 0.5) is 0 Å². The van der Waals surface area contributed by atoms with Crippen LogP contribution < -0.4 is 0 Å². The van der Waals surface area contributed by atoms with Gasteiger partial charge in [-0.3, -0.25) is 0 Å². The third-order valence-electron chi connectivity index (χ3n) is 8.49. The van der Waals surface area contributed by atoms with Crippen molar-refractivity contribution in [2.75, 3.05) is 0 Å².